The Morgan fingerprint density at radius 2 is 1.86 bits per heavy atom. The van der Waals surface area contributed by atoms with Gasteiger partial charge in [-0.15, -0.1) is 0 Å². The second kappa shape index (κ2) is 9.16. The Balaban J connectivity index is 1.75. The van der Waals surface area contributed by atoms with Crippen LogP contribution in [0.4, 0.5) is 0 Å². The largest absolute Gasteiger partial charge is 0.438 e. The number of nitrogens with zero attached hydrogens (tertiary/aromatic N) is 5. The maximum Gasteiger partial charge on any atom is 0.269 e. The molecule has 0 atom stereocenters. The lowest BCUT2D eigenvalue weighted by Crippen LogP contribution is -2.19. The zero-order valence-electron chi connectivity index (χ0n) is 20.6. The maximum atomic E-state index is 13.6. The molecule has 5 aromatic rings. The van der Waals surface area contributed by atoms with Crippen molar-refractivity contribution in [2.45, 2.75) is 26.7 Å². The third kappa shape index (κ3) is 4.03. The van der Waals surface area contributed by atoms with Crippen LogP contribution in [-0.2, 0) is 7.05 Å². The molecular formula is C29H25N5O2. The SMILES string of the molecule is Cc1ccc(C(C)C)c(Oc2nc3ccccn3c(=O)c2C=C(C#N)c2nc3ccccc3n2C)c1. The Morgan fingerprint density at radius 1 is 1.08 bits per heavy atom. The van der Waals surface area contributed by atoms with Gasteiger partial charge in [-0.05, 0) is 60.4 Å². The van der Waals surface area contributed by atoms with Gasteiger partial charge >= 0.3 is 0 Å². The molecule has 0 saturated carbocycles. The molecule has 3 aromatic heterocycles. The van der Waals surface area contributed by atoms with Crippen molar-refractivity contribution in [3.63, 3.8) is 0 Å². The summed E-state index contributed by atoms with van der Waals surface area (Å²) >= 11 is 0. The first-order valence-corrected chi connectivity index (χ1v) is 11.7. The van der Waals surface area contributed by atoms with Gasteiger partial charge in [0.1, 0.15) is 23.0 Å². The number of aromatic nitrogens is 4. The molecule has 0 aliphatic rings. The van der Waals surface area contributed by atoms with E-state index in [0.29, 0.717) is 17.2 Å². The van der Waals surface area contributed by atoms with E-state index in [4.69, 9.17) is 4.74 Å². The summed E-state index contributed by atoms with van der Waals surface area (Å²) in [5.74, 6) is 1.44. The molecule has 0 aliphatic carbocycles. The molecule has 5 rings (SSSR count). The number of ether oxygens (including phenoxy) is 1. The van der Waals surface area contributed by atoms with Crippen LogP contribution in [0, 0.1) is 18.3 Å². The second-order valence-corrected chi connectivity index (χ2v) is 9.02. The standard InChI is InChI=1S/C29H25N5O2/c1-18(2)21-13-12-19(3)15-25(21)36-28-22(29(35)34-14-8-7-11-26(34)32-28)16-20(17-30)27-31-23-9-5-6-10-24(23)33(27)4/h5-16,18H,1-4H3. The van der Waals surface area contributed by atoms with Gasteiger partial charge in [0.2, 0.25) is 5.88 Å². The minimum atomic E-state index is -0.333. The fourth-order valence-electron chi connectivity index (χ4n) is 4.27. The van der Waals surface area contributed by atoms with Crippen molar-refractivity contribution in [3.8, 4) is 17.7 Å². The zero-order chi connectivity index (χ0) is 25.4. The van der Waals surface area contributed by atoms with Gasteiger partial charge in [0.15, 0.2) is 5.82 Å². The van der Waals surface area contributed by atoms with Crippen LogP contribution in [0.1, 0.15) is 42.3 Å². The summed E-state index contributed by atoms with van der Waals surface area (Å²) in [7, 11) is 1.85. The molecule has 3 heterocycles. The molecule has 0 unspecified atom stereocenters. The van der Waals surface area contributed by atoms with Crippen molar-refractivity contribution in [1.29, 1.82) is 5.26 Å². The highest BCUT2D eigenvalue weighted by atomic mass is 16.5. The minimum absolute atomic E-state index is 0.144. The first kappa shape index (κ1) is 23.1. The van der Waals surface area contributed by atoms with Gasteiger partial charge in [-0.25, -0.2) is 4.98 Å². The zero-order valence-corrected chi connectivity index (χ0v) is 20.6. The lowest BCUT2D eigenvalue weighted by atomic mass is 10.0. The van der Waals surface area contributed by atoms with Crippen LogP contribution < -0.4 is 10.3 Å². The molecule has 178 valence electrons. The van der Waals surface area contributed by atoms with E-state index in [1.807, 2.05) is 67.1 Å². The number of imidazole rings is 1. The first-order valence-electron chi connectivity index (χ1n) is 11.7. The van der Waals surface area contributed by atoms with Crippen LogP contribution >= 0.6 is 0 Å². The summed E-state index contributed by atoms with van der Waals surface area (Å²) in [6.45, 7) is 6.15. The number of hydrogen-bond acceptors (Lipinski definition) is 5. The quantitative estimate of drug-likeness (QED) is 0.297. The molecule has 0 aliphatic heterocycles. The number of aryl methyl sites for hydroxylation is 2. The third-order valence-electron chi connectivity index (χ3n) is 6.17. The molecular weight excluding hydrogens is 450 g/mol. The van der Waals surface area contributed by atoms with E-state index in [-0.39, 0.29) is 28.5 Å². The molecule has 0 fully saturated rings. The van der Waals surface area contributed by atoms with E-state index >= 15 is 0 Å². The molecule has 0 bridgehead atoms. The number of fused-ring (bicyclic) bond motifs is 2. The number of nitriles is 1. The van der Waals surface area contributed by atoms with E-state index in [0.717, 1.165) is 22.2 Å². The van der Waals surface area contributed by atoms with E-state index < -0.39 is 0 Å². The van der Waals surface area contributed by atoms with E-state index in [2.05, 4.69) is 29.9 Å². The van der Waals surface area contributed by atoms with Gasteiger partial charge in [-0.3, -0.25) is 9.20 Å². The van der Waals surface area contributed by atoms with Crippen LogP contribution in [-0.4, -0.2) is 18.9 Å². The van der Waals surface area contributed by atoms with Crippen molar-refractivity contribution in [2.24, 2.45) is 7.05 Å². The molecule has 36 heavy (non-hydrogen) atoms. The van der Waals surface area contributed by atoms with Gasteiger partial charge in [0, 0.05) is 13.2 Å². The van der Waals surface area contributed by atoms with Gasteiger partial charge in [-0.1, -0.05) is 44.2 Å². The predicted molar refractivity (Wildman–Crippen MR) is 141 cm³/mol. The van der Waals surface area contributed by atoms with Crippen molar-refractivity contribution < 1.29 is 4.74 Å². The normalized spacial score (nSPS) is 11.8. The van der Waals surface area contributed by atoms with Crippen LogP contribution in [0.15, 0.2) is 71.7 Å². The number of rotatable bonds is 5. The summed E-state index contributed by atoms with van der Waals surface area (Å²) in [5, 5.41) is 10.1. The summed E-state index contributed by atoms with van der Waals surface area (Å²) in [5.41, 5.74) is 4.22. The average molecular weight is 476 g/mol. The number of para-hydroxylation sites is 2. The van der Waals surface area contributed by atoms with Crippen LogP contribution in [0.25, 0.3) is 28.3 Å². The van der Waals surface area contributed by atoms with Crippen molar-refractivity contribution in [1.82, 2.24) is 18.9 Å². The number of hydrogen-bond donors (Lipinski definition) is 0. The van der Waals surface area contributed by atoms with Gasteiger partial charge in [-0.2, -0.15) is 10.2 Å². The summed E-state index contributed by atoms with van der Waals surface area (Å²) in [6, 6.07) is 21.2. The third-order valence-corrected chi connectivity index (χ3v) is 6.17. The summed E-state index contributed by atoms with van der Waals surface area (Å²) < 4.78 is 9.62. The molecule has 0 radical (unpaired) electrons. The molecule has 0 spiro atoms. The Labute approximate surface area is 208 Å². The molecule has 0 N–H and O–H groups in total. The highest BCUT2D eigenvalue weighted by molar-refractivity contribution is 5.91. The number of benzene rings is 2. The van der Waals surface area contributed by atoms with Crippen LogP contribution in [0.2, 0.25) is 0 Å². The number of allylic oxidation sites excluding steroid dienone is 1. The van der Waals surface area contributed by atoms with E-state index in [9.17, 15) is 10.1 Å². The monoisotopic (exact) mass is 475 g/mol. The van der Waals surface area contributed by atoms with Crippen molar-refractivity contribution >= 4 is 28.3 Å². The highest BCUT2D eigenvalue weighted by Gasteiger charge is 2.19. The molecule has 2 aromatic carbocycles. The molecule has 7 heteroatoms. The smallest absolute Gasteiger partial charge is 0.269 e. The Kier molecular flexibility index (Phi) is 5.87. The van der Waals surface area contributed by atoms with Crippen LogP contribution in [0.5, 0.6) is 11.6 Å². The fourth-order valence-corrected chi connectivity index (χ4v) is 4.27. The Bertz CT molecular complexity index is 1750. The van der Waals surface area contributed by atoms with Crippen LogP contribution in [0.3, 0.4) is 0 Å². The summed E-state index contributed by atoms with van der Waals surface area (Å²) in [6.07, 6.45) is 3.18. The minimum Gasteiger partial charge on any atom is -0.438 e. The fraction of sp³-hybridized carbons (Fsp3) is 0.172. The average Bonchev–Trinajstić information content (AvgIpc) is 3.20. The lowest BCUT2D eigenvalue weighted by molar-refractivity contribution is 0.452. The van der Waals surface area contributed by atoms with Crippen molar-refractivity contribution in [3.05, 3.63) is 99.7 Å². The van der Waals surface area contributed by atoms with Gasteiger partial charge in [0.05, 0.1) is 16.6 Å². The highest BCUT2D eigenvalue weighted by Crippen LogP contribution is 2.33. The van der Waals surface area contributed by atoms with Crippen molar-refractivity contribution in [2.75, 3.05) is 0 Å². The molecule has 0 amide bonds. The second-order valence-electron chi connectivity index (χ2n) is 9.02. The Morgan fingerprint density at radius 3 is 2.61 bits per heavy atom. The molecule has 0 saturated heterocycles. The topological polar surface area (TPSA) is 85.2 Å². The van der Waals surface area contributed by atoms with Gasteiger partial charge in [0.25, 0.3) is 5.56 Å². The maximum absolute atomic E-state index is 13.6. The Hall–Kier alpha value is -4.70. The van der Waals surface area contributed by atoms with E-state index in [1.165, 1.54) is 10.5 Å². The van der Waals surface area contributed by atoms with Gasteiger partial charge < -0.3 is 9.30 Å². The number of pyridine rings is 1. The lowest BCUT2D eigenvalue weighted by Gasteiger charge is -2.16. The first-order chi connectivity index (χ1) is 17.4. The molecule has 7 nitrogen and oxygen atoms in total. The predicted octanol–water partition coefficient (Wildman–Crippen LogP) is 5.87. The summed E-state index contributed by atoms with van der Waals surface area (Å²) in [4.78, 5) is 22.9. The van der Waals surface area contributed by atoms with E-state index in [1.54, 1.807) is 18.3 Å².